The molecule has 3 rings (SSSR count). The molecule has 0 spiro atoms. The van der Waals surface area contributed by atoms with Crippen molar-refractivity contribution in [2.75, 3.05) is 36.5 Å². The zero-order valence-electron chi connectivity index (χ0n) is 12.2. The quantitative estimate of drug-likeness (QED) is 0.617. The number of nitrogens with zero attached hydrogens (tertiary/aromatic N) is 4. The molecular formula is C14H24N6. The Bertz CT molecular complexity index is 451. The van der Waals surface area contributed by atoms with Crippen LogP contribution in [0.3, 0.4) is 0 Å². The molecule has 2 aliphatic rings. The molecular weight excluding hydrogens is 252 g/mol. The van der Waals surface area contributed by atoms with Gasteiger partial charge in [0, 0.05) is 37.8 Å². The van der Waals surface area contributed by atoms with E-state index in [2.05, 4.69) is 32.1 Å². The molecule has 1 saturated carbocycles. The topological polar surface area (TPSA) is 70.3 Å². The molecule has 1 aliphatic heterocycles. The van der Waals surface area contributed by atoms with Crippen molar-refractivity contribution in [3.05, 3.63) is 11.9 Å². The van der Waals surface area contributed by atoms with Gasteiger partial charge in [0.15, 0.2) is 0 Å². The van der Waals surface area contributed by atoms with Crippen molar-refractivity contribution in [2.45, 2.75) is 38.6 Å². The Morgan fingerprint density at radius 1 is 1.25 bits per heavy atom. The number of nitrogen functional groups attached to an aromatic ring is 1. The van der Waals surface area contributed by atoms with E-state index < -0.39 is 0 Å². The van der Waals surface area contributed by atoms with Crippen LogP contribution in [0.2, 0.25) is 0 Å². The summed E-state index contributed by atoms with van der Waals surface area (Å²) in [6, 6.07) is 0.860. The van der Waals surface area contributed by atoms with Crippen LogP contribution in [0, 0.1) is 0 Å². The number of piperazine rings is 1. The highest BCUT2D eigenvalue weighted by atomic mass is 15.3. The third-order valence-corrected chi connectivity index (χ3v) is 4.24. The van der Waals surface area contributed by atoms with Crippen molar-refractivity contribution >= 4 is 11.6 Å². The van der Waals surface area contributed by atoms with E-state index in [1.807, 2.05) is 0 Å². The van der Waals surface area contributed by atoms with Crippen LogP contribution >= 0.6 is 0 Å². The second-order valence-corrected chi connectivity index (χ2v) is 5.67. The number of anilines is 2. The molecule has 0 unspecified atom stereocenters. The summed E-state index contributed by atoms with van der Waals surface area (Å²) in [4.78, 5) is 13.7. The highest BCUT2D eigenvalue weighted by Crippen LogP contribution is 2.30. The Labute approximate surface area is 120 Å². The van der Waals surface area contributed by atoms with Crippen molar-refractivity contribution in [3.8, 4) is 0 Å². The first-order chi connectivity index (χ1) is 9.83. The first-order valence-corrected chi connectivity index (χ1v) is 7.63. The van der Waals surface area contributed by atoms with Crippen LogP contribution in [-0.2, 0) is 6.42 Å². The Kier molecular flexibility index (Phi) is 4.03. The number of hydrazine groups is 1. The molecule has 1 aromatic rings. The summed E-state index contributed by atoms with van der Waals surface area (Å²) in [7, 11) is 0. The van der Waals surface area contributed by atoms with E-state index in [-0.39, 0.29) is 0 Å². The molecule has 0 amide bonds. The van der Waals surface area contributed by atoms with Crippen LogP contribution in [-0.4, -0.2) is 47.1 Å². The summed E-state index contributed by atoms with van der Waals surface area (Å²) in [5.41, 5.74) is 3.86. The molecule has 0 radical (unpaired) electrons. The molecule has 0 atom stereocenters. The minimum atomic E-state index is 0.765. The van der Waals surface area contributed by atoms with Crippen LogP contribution in [0.25, 0.3) is 0 Å². The highest BCUT2D eigenvalue weighted by Gasteiger charge is 2.32. The van der Waals surface area contributed by atoms with Crippen molar-refractivity contribution < 1.29 is 0 Å². The third-order valence-electron chi connectivity index (χ3n) is 4.24. The average Bonchev–Trinajstić information content (AvgIpc) is 3.33. The molecule has 1 saturated heterocycles. The zero-order chi connectivity index (χ0) is 13.9. The van der Waals surface area contributed by atoms with E-state index >= 15 is 0 Å². The van der Waals surface area contributed by atoms with Crippen molar-refractivity contribution in [2.24, 2.45) is 5.84 Å². The van der Waals surface area contributed by atoms with E-state index in [0.717, 1.165) is 62.3 Å². The van der Waals surface area contributed by atoms with Crippen LogP contribution in [0.1, 0.15) is 31.7 Å². The van der Waals surface area contributed by atoms with E-state index in [0.29, 0.717) is 0 Å². The van der Waals surface area contributed by atoms with Gasteiger partial charge < -0.3 is 10.3 Å². The minimum Gasteiger partial charge on any atom is -0.354 e. The molecule has 1 aromatic heterocycles. The van der Waals surface area contributed by atoms with Gasteiger partial charge in [-0.3, -0.25) is 4.90 Å². The maximum Gasteiger partial charge on any atom is 0.148 e. The van der Waals surface area contributed by atoms with Gasteiger partial charge in [-0.15, -0.1) is 0 Å². The first kappa shape index (κ1) is 13.6. The van der Waals surface area contributed by atoms with Gasteiger partial charge in [0.1, 0.15) is 18.0 Å². The SMILES string of the molecule is CCCc1c(NN)ncnc1N1CCN(C2CC2)CC1. The van der Waals surface area contributed by atoms with Crippen LogP contribution in [0.5, 0.6) is 0 Å². The maximum absolute atomic E-state index is 5.58. The summed E-state index contributed by atoms with van der Waals surface area (Å²) in [5, 5.41) is 0. The van der Waals surface area contributed by atoms with Gasteiger partial charge in [-0.2, -0.15) is 0 Å². The molecule has 2 heterocycles. The first-order valence-electron chi connectivity index (χ1n) is 7.63. The molecule has 1 aliphatic carbocycles. The fraction of sp³-hybridized carbons (Fsp3) is 0.714. The molecule has 20 heavy (non-hydrogen) atoms. The van der Waals surface area contributed by atoms with Crippen molar-refractivity contribution in [1.82, 2.24) is 14.9 Å². The Balaban J connectivity index is 1.75. The lowest BCUT2D eigenvalue weighted by molar-refractivity contribution is 0.247. The summed E-state index contributed by atoms with van der Waals surface area (Å²) in [6.07, 6.45) is 6.40. The van der Waals surface area contributed by atoms with Gasteiger partial charge in [-0.1, -0.05) is 13.3 Å². The zero-order valence-corrected chi connectivity index (χ0v) is 12.2. The standard InChI is InChI=1S/C14H24N6/c1-2-3-12-13(18-15)16-10-17-14(12)20-8-6-19(7-9-20)11-4-5-11/h10-11H,2-9,15H2,1H3,(H,16,17,18). The Morgan fingerprint density at radius 3 is 2.60 bits per heavy atom. The number of rotatable bonds is 5. The lowest BCUT2D eigenvalue weighted by Gasteiger charge is -2.36. The number of aromatic nitrogens is 2. The predicted molar refractivity (Wildman–Crippen MR) is 80.6 cm³/mol. The molecule has 6 heteroatoms. The van der Waals surface area contributed by atoms with E-state index in [1.54, 1.807) is 6.33 Å². The summed E-state index contributed by atoms with van der Waals surface area (Å²) in [5.74, 6) is 7.41. The smallest absolute Gasteiger partial charge is 0.148 e. The molecule has 6 nitrogen and oxygen atoms in total. The monoisotopic (exact) mass is 276 g/mol. The van der Waals surface area contributed by atoms with Gasteiger partial charge >= 0.3 is 0 Å². The fourth-order valence-electron chi connectivity index (χ4n) is 3.02. The molecule has 2 fully saturated rings. The molecule has 3 N–H and O–H groups in total. The minimum absolute atomic E-state index is 0.765. The van der Waals surface area contributed by atoms with Gasteiger partial charge in [0.2, 0.25) is 0 Å². The Hall–Kier alpha value is -1.40. The summed E-state index contributed by atoms with van der Waals surface area (Å²) < 4.78 is 0. The maximum atomic E-state index is 5.58. The lowest BCUT2D eigenvalue weighted by Crippen LogP contribution is -2.47. The highest BCUT2D eigenvalue weighted by molar-refractivity contribution is 5.58. The normalized spacial score (nSPS) is 20.2. The summed E-state index contributed by atoms with van der Waals surface area (Å²) >= 11 is 0. The van der Waals surface area contributed by atoms with Crippen molar-refractivity contribution in [3.63, 3.8) is 0 Å². The Morgan fingerprint density at radius 2 is 2.00 bits per heavy atom. The third kappa shape index (κ3) is 2.71. The van der Waals surface area contributed by atoms with Gasteiger partial charge in [0.05, 0.1) is 0 Å². The van der Waals surface area contributed by atoms with E-state index in [9.17, 15) is 0 Å². The van der Waals surface area contributed by atoms with Gasteiger partial charge in [-0.05, 0) is 19.3 Å². The second kappa shape index (κ2) is 5.93. The summed E-state index contributed by atoms with van der Waals surface area (Å²) in [6.45, 7) is 6.56. The number of nitrogens with one attached hydrogen (secondary N) is 1. The van der Waals surface area contributed by atoms with Crippen LogP contribution in [0.15, 0.2) is 6.33 Å². The fourth-order valence-corrected chi connectivity index (χ4v) is 3.02. The lowest BCUT2D eigenvalue weighted by atomic mass is 10.1. The number of nitrogens with two attached hydrogens (primary N) is 1. The van der Waals surface area contributed by atoms with Gasteiger partial charge in [-0.25, -0.2) is 15.8 Å². The molecule has 0 bridgehead atoms. The number of hydrogen-bond acceptors (Lipinski definition) is 6. The molecule has 110 valence electrons. The largest absolute Gasteiger partial charge is 0.354 e. The van der Waals surface area contributed by atoms with Gasteiger partial charge in [0.25, 0.3) is 0 Å². The van der Waals surface area contributed by atoms with E-state index in [1.165, 1.54) is 12.8 Å². The average molecular weight is 276 g/mol. The van der Waals surface area contributed by atoms with Crippen molar-refractivity contribution in [1.29, 1.82) is 0 Å². The molecule has 0 aromatic carbocycles. The second-order valence-electron chi connectivity index (χ2n) is 5.67. The van der Waals surface area contributed by atoms with Crippen LogP contribution in [0.4, 0.5) is 11.6 Å². The van der Waals surface area contributed by atoms with E-state index in [4.69, 9.17) is 5.84 Å². The van der Waals surface area contributed by atoms with Crippen LogP contribution < -0.4 is 16.2 Å². The number of hydrogen-bond donors (Lipinski definition) is 2. The predicted octanol–water partition coefficient (Wildman–Crippen LogP) is 0.999.